The van der Waals surface area contributed by atoms with Gasteiger partial charge in [-0.05, 0) is 53.1 Å². The first-order chi connectivity index (χ1) is 21.7. The number of nitrogens with one attached hydrogen (secondary N) is 1. The average Bonchev–Trinajstić information content (AvgIpc) is 3.50. The van der Waals surface area contributed by atoms with Crippen LogP contribution in [0.4, 0.5) is 0 Å². The molecule has 45 heavy (non-hydrogen) atoms. The molecule has 2 aliphatic rings. The molecule has 3 aromatic carbocycles. The van der Waals surface area contributed by atoms with Gasteiger partial charge in [0.15, 0.2) is 5.43 Å². The van der Waals surface area contributed by atoms with Crippen molar-refractivity contribution < 1.29 is 23.9 Å². The highest BCUT2D eigenvalue weighted by atomic mass is 35.5. The van der Waals surface area contributed by atoms with E-state index in [2.05, 4.69) is 10.3 Å². The standard InChI is InChI=1S/C35H28ClN3O6/c1-19-14-27-24(16-26(19)36)31(40)25(18-45-27)30-28-29(33(42)39(32(28)41)13-11-23-8-4-5-12-37-23)35(38-30,34(43)44)17-20-9-10-21-6-2-3-7-22(21)15-20/h2-10,12,14-16,18,28-30,38H,11,13,17H2,1H3,(H,43,44). The quantitative estimate of drug-likeness (QED) is 0.247. The van der Waals surface area contributed by atoms with Gasteiger partial charge in [-0.3, -0.25) is 34.4 Å². The summed E-state index contributed by atoms with van der Waals surface area (Å²) < 4.78 is 5.85. The molecule has 2 aromatic heterocycles. The van der Waals surface area contributed by atoms with Gasteiger partial charge in [-0.25, -0.2) is 0 Å². The normalized spacial score (nSPS) is 22.8. The van der Waals surface area contributed by atoms with Gasteiger partial charge in [-0.1, -0.05) is 60.1 Å². The van der Waals surface area contributed by atoms with Gasteiger partial charge in [-0.15, -0.1) is 0 Å². The van der Waals surface area contributed by atoms with Gasteiger partial charge in [0.25, 0.3) is 0 Å². The third kappa shape index (κ3) is 4.70. The van der Waals surface area contributed by atoms with Crippen LogP contribution in [0.2, 0.25) is 5.02 Å². The highest BCUT2D eigenvalue weighted by molar-refractivity contribution is 6.32. The Morgan fingerprint density at radius 3 is 2.56 bits per heavy atom. The number of imide groups is 1. The van der Waals surface area contributed by atoms with Crippen LogP contribution < -0.4 is 10.7 Å². The van der Waals surface area contributed by atoms with Crippen LogP contribution in [0.5, 0.6) is 0 Å². The van der Waals surface area contributed by atoms with Gasteiger partial charge in [0.05, 0.1) is 35.1 Å². The lowest BCUT2D eigenvalue weighted by atomic mass is 9.76. The van der Waals surface area contributed by atoms with E-state index in [0.29, 0.717) is 28.3 Å². The zero-order valence-electron chi connectivity index (χ0n) is 24.2. The Morgan fingerprint density at radius 1 is 1.02 bits per heavy atom. The largest absolute Gasteiger partial charge is 0.480 e. The number of aliphatic carboxylic acids is 1. The monoisotopic (exact) mass is 621 g/mol. The number of nitrogens with zero attached hydrogens (tertiary/aromatic N) is 2. The summed E-state index contributed by atoms with van der Waals surface area (Å²) in [5.41, 5.74) is 0.110. The van der Waals surface area contributed by atoms with Crippen molar-refractivity contribution in [3.8, 4) is 0 Å². The van der Waals surface area contributed by atoms with Crippen LogP contribution in [-0.2, 0) is 27.2 Å². The Morgan fingerprint density at radius 2 is 1.80 bits per heavy atom. The number of rotatable bonds is 7. The van der Waals surface area contributed by atoms with Crippen molar-refractivity contribution >= 4 is 51.1 Å². The second kappa shape index (κ2) is 10.9. The number of likely N-dealkylation sites (tertiary alicyclic amines) is 1. The molecule has 2 N–H and O–H groups in total. The predicted molar refractivity (Wildman–Crippen MR) is 168 cm³/mol. The van der Waals surface area contributed by atoms with Gasteiger partial charge in [-0.2, -0.15) is 0 Å². The summed E-state index contributed by atoms with van der Waals surface area (Å²) in [5, 5.41) is 16.5. The number of carbonyl (C=O) groups excluding carboxylic acids is 2. The SMILES string of the molecule is Cc1cc2occ(C3NC(Cc4ccc5ccccc5c4)(C(=O)O)C4C(=O)N(CCc5ccccn5)C(=O)C34)c(=O)c2cc1Cl. The van der Waals surface area contributed by atoms with Crippen LogP contribution in [0.3, 0.4) is 0 Å². The molecule has 5 aromatic rings. The van der Waals surface area contributed by atoms with Crippen molar-refractivity contribution in [1.29, 1.82) is 0 Å². The number of pyridine rings is 1. The van der Waals surface area contributed by atoms with E-state index >= 15 is 0 Å². The number of aromatic nitrogens is 1. The lowest BCUT2D eigenvalue weighted by Crippen LogP contribution is -2.57. The Kier molecular flexibility index (Phi) is 7.02. The minimum Gasteiger partial charge on any atom is -0.480 e. The van der Waals surface area contributed by atoms with Gasteiger partial charge in [0.2, 0.25) is 11.8 Å². The molecule has 9 nitrogen and oxygen atoms in total. The van der Waals surface area contributed by atoms with E-state index in [4.69, 9.17) is 16.0 Å². The molecule has 4 unspecified atom stereocenters. The fourth-order valence-corrected chi connectivity index (χ4v) is 7.07. The topological polar surface area (TPSA) is 130 Å². The van der Waals surface area contributed by atoms with Gasteiger partial charge in [0.1, 0.15) is 11.1 Å². The Balaban J connectivity index is 1.35. The zero-order chi connectivity index (χ0) is 31.5. The molecule has 0 spiro atoms. The van der Waals surface area contributed by atoms with Crippen molar-refractivity contribution in [2.75, 3.05) is 6.54 Å². The van der Waals surface area contributed by atoms with E-state index in [1.807, 2.05) is 48.5 Å². The summed E-state index contributed by atoms with van der Waals surface area (Å²) in [7, 11) is 0. The van der Waals surface area contributed by atoms with Crippen LogP contribution in [0.25, 0.3) is 21.7 Å². The zero-order valence-corrected chi connectivity index (χ0v) is 25.0. The molecule has 2 saturated heterocycles. The molecule has 0 radical (unpaired) electrons. The Hall–Kier alpha value is -4.86. The maximum Gasteiger partial charge on any atom is 0.325 e. The first-order valence-electron chi connectivity index (χ1n) is 14.6. The molecule has 226 valence electrons. The van der Waals surface area contributed by atoms with Crippen molar-refractivity contribution in [2.24, 2.45) is 11.8 Å². The van der Waals surface area contributed by atoms with Crippen molar-refractivity contribution in [1.82, 2.24) is 15.2 Å². The number of halogens is 1. The van der Waals surface area contributed by atoms with Crippen LogP contribution in [0.1, 0.15) is 28.4 Å². The van der Waals surface area contributed by atoms with Crippen molar-refractivity contribution in [3.05, 3.63) is 123 Å². The minimum atomic E-state index is -1.89. The number of carboxylic acids is 1. The number of benzene rings is 3. The van der Waals surface area contributed by atoms with E-state index in [1.54, 1.807) is 31.3 Å². The van der Waals surface area contributed by atoms with E-state index in [0.717, 1.165) is 21.2 Å². The maximum atomic E-state index is 14.2. The lowest BCUT2D eigenvalue weighted by molar-refractivity contribution is -0.151. The van der Waals surface area contributed by atoms with E-state index in [1.165, 1.54) is 12.3 Å². The van der Waals surface area contributed by atoms with E-state index < -0.39 is 46.6 Å². The van der Waals surface area contributed by atoms with Crippen LogP contribution >= 0.6 is 11.6 Å². The molecule has 2 amide bonds. The number of hydrogen-bond acceptors (Lipinski definition) is 7. The molecular formula is C35H28ClN3O6. The summed E-state index contributed by atoms with van der Waals surface area (Å²) in [4.78, 5) is 61.0. The molecule has 2 fully saturated rings. The smallest absolute Gasteiger partial charge is 0.325 e. The third-order valence-electron chi connectivity index (χ3n) is 9.16. The number of carboxylic acid groups (broad SMARTS) is 1. The minimum absolute atomic E-state index is 0.0291. The first kappa shape index (κ1) is 28.9. The molecular weight excluding hydrogens is 594 g/mol. The predicted octanol–water partition coefficient (Wildman–Crippen LogP) is 4.86. The molecule has 0 saturated carbocycles. The molecule has 10 heteroatoms. The number of aryl methyl sites for hydroxylation is 1. The second-order valence-electron chi connectivity index (χ2n) is 11.8. The summed E-state index contributed by atoms with van der Waals surface area (Å²) in [6.45, 7) is 1.82. The molecule has 2 aliphatic heterocycles. The van der Waals surface area contributed by atoms with Crippen LogP contribution in [0.15, 0.2) is 94.5 Å². The number of carbonyl (C=O) groups is 3. The summed E-state index contributed by atoms with van der Waals surface area (Å²) in [5.74, 6) is -4.85. The molecule has 4 atom stereocenters. The second-order valence-corrected chi connectivity index (χ2v) is 12.2. The third-order valence-corrected chi connectivity index (χ3v) is 9.56. The Labute approximate surface area is 262 Å². The number of fused-ring (bicyclic) bond motifs is 3. The summed E-state index contributed by atoms with van der Waals surface area (Å²) >= 11 is 6.34. The first-order valence-corrected chi connectivity index (χ1v) is 15.0. The average molecular weight is 622 g/mol. The van der Waals surface area contributed by atoms with Crippen molar-refractivity contribution in [3.63, 3.8) is 0 Å². The summed E-state index contributed by atoms with van der Waals surface area (Å²) in [6, 6.07) is 20.7. The number of hydrogen-bond donors (Lipinski definition) is 2. The Bertz CT molecular complexity index is 2080. The van der Waals surface area contributed by atoms with Crippen LogP contribution in [-0.4, -0.2) is 44.9 Å². The van der Waals surface area contributed by atoms with E-state index in [9.17, 15) is 24.3 Å². The van der Waals surface area contributed by atoms with Gasteiger partial charge >= 0.3 is 5.97 Å². The molecule has 7 rings (SSSR count). The fraction of sp³-hybridized carbons (Fsp3) is 0.229. The maximum absolute atomic E-state index is 14.2. The summed E-state index contributed by atoms with van der Waals surface area (Å²) in [6.07, 6.45) is 3.09. The van der Waals surface area contributed by atoms with Crippen LogP contribution in [0, 0.1) is 18.8 Å². The van der Waals surface area contributed by atoms with Gasteiger partial charge < -0.3 is 9.52 Å². The fourth-order valence-electron chi connectivity index (χ4n) is 6.91. The van der Waals surface area contributed by atoms with Gasteiger partial charge in [0, 0.05) is 36.3 Å². The molecule has 0 aliphatic carbocycles. The number of amides is 2. The molecule has 0 bridgehead atoms. The van der Waals surface area contributed by atoms with E-state index in [-0.39, 0.29) is 23.9 Å². The highest BCUT2D eigenvalue weighted by Gasteiger charge is 2.68. The highest BCUT2D eigenvalue weighted by Crippen LogP contribution is 2.50. The van der Waals surface area contributed by atoms with Crippen molar-refractivity contribution in [2.45, 2.75) is 31.3 Å². The molecule has 4 heterocycles. The lowest BCUT2D eigenvalue weighted by Gasteiger charge is -2.31.